The smallest absolute Gasteiger partial charge is 0.322 e. The van der Waals surface area contributed by atoms with Crippen molar-refractivity contribution in [1.29, 1.82) is 0 Å². The van der Waals surface area contributed by atoms with Crippen LogP contribution in [-0.2, 0) is 9.84 Å². The van der Waals surface area contributed by atoms with E-state index >= 15 is 0 Å². The minimum absolute atomic E-state index is 0.0247. The number of fused-ring (bicyclic) bond motifs is 1. The van der Waals surface area contributed by atoms with Crippen LogP contribution >= 0.6 is 0 Å². The Bertz CT molecular complexity index is 1260. The first kappa shape index (κ1) is 17.9. The van der Waals surface area contributed by atoms with Crippen LogP contribution in [0, 0.1) is 0 Å². The van der Waals surface area contributed by atoms with Gasteiger partial charge in [-0.05, 0) is 30.3 Å². The number of carbonyl (C=O) groups is 1. The van der Waals surface area contributed by atoms with Gasteiger partial charge in [-0.25, -0.2) is 8.42 Å². The van der Waals surface area contributed by atoms with Gasteiger partial charge in [-0.3, -0.25) is 10.1 Å². The molecule has 0 unspecified atom stereocenters. The van der Waals surface area contributed by atoms with Crippen LogP contribution in [0.5, 0.6) is 0 Å². The predicted octanol–water partition coefficient (Wildman–Crippen LogP) is 3.26. The number of nitrogens with zero attached hydrogens (tertiary/aromatic N) is 2. The maximum Gasteiger partial charge on any atom is 0.322 e. The molecule has 9 heteroatoms. The van der Waals surface area contributed by atoms with Crippen molar-refractivity contribution in [2.75, 3.05) is 11.1 Å². The number of sulfone groups is 1. The Balaban J connectivity index is 1.54. The molecule has 0 atom stereocenters. The number of hydrogen-bond donors (Lipinski definition) is 2. The second-order valence-corrected chi connectivity index (χ2v) is 8.32. The van der Waals surface area contributed by atoms with Crippen LogP contribution in [0.25, 0.3) is 22.4 Å². The number of benzene rings is 2. The molecule has 0 aliphatic rings. The van der Waals surface area contributed by atoms with Gasteiger partial charge in [0.2, 0.25) is 5.89 Å². The number of rotatable bonds is 5. The molecule has 1 amide bonds. The second-order valence-electron chi connectivity index (χ2n) is 6.04. The first-order valence-electron chi connectivity index (χ1n) is 8.52. The number of H-pyrrole nitrogens is 1. The summed E-state index contributed by atoms with van der Waals surface area (Å²) >= 11 is 0. The maximum absolute atomic E-state index is 12.5. The highest BCUT2D eigenvalue weighted by atomic mass is 32.2. The largest absolute Gasteiger partial charge is 0.403 e. The van der Waals surface area contributed by atoms with Crippen LogP contribution in [0.2, 0.25) is 0 Å². The van der Waals surface area contributed by atoms with E-state index in [0.717, 1.165) is 10.9 Å². The van der Waals surface area contributed by atoms with Crippen LogP contribution in [0.4, 0.5) is 6.01 Å². The maximum atomic E-state index is 12.5. The summed E-state index contributed by atoms with van der Waals surface area (Å²) in [5, 5.41) is 11.1. The van der Waals surface area contributed by atoms with Gasteiger partial charge in [-0.2, -0.15) is 0 Å². The number of carbonyl (C=O) groups excluding carboxylic acids is 1. The fraction of sp³-hybridized carbons (Fsp3) is 0.105. The van der Waals surface area contributed by atoms with Gasteiger partial charge in [0.25, 0.3) is 5.91 Å². The second kappa shape index (κ2) is 6.93. The summed E-state index contributed by atoms with van der Waals surface area (Å²) in [5.41, 5.74) is 1.86. The predicted molar refractivity (Wildman–Crippen MR) is 104 cm³/mol. The van der Waals surface area contributed by atoms with Gasteiger partial charge >= 0.3 is 6.01 Å². The lowest BCUT2D eigenvalue weighted by atomic mass is 10.2. The van der Waals surface area contributed by atoms with Gasteiger partial charge in [-0.15, -0.1) is 5.10 Å². The lowest BCUT2D eigenvalue weighted by Crippen LogP contribution is -2.11. The van der Waals surface area contributed by atoms with E-state index in [4.69, 9.17) is 4.42 Å². The average Bonchev–Trinajstić information content (AvgIpc) is 3.35. The third-order valence-electron chi connectivity index (χ3n) is 4.32. The van der Waals surface area contributed by atoms with E-state index in [1.54, 1.807) is 25.3 Å². The Morgan fingerprint density at radius 3 is 2.61 bits per heavy atom. The summed E-state index contributed by atoms with van der Waals surface area (Å²) in [6.07, 6.45) is 1.62. The molecule has 0 bridgehead atoms. The molecule has 142 valence electrons. The van der Waals surface area contributed by atoms with E-state index in [9.17, 15) is 13.2 Å². The number of anilines is 1. The molecule has 0 aliphatic carbocycles. The Morgan fingerprint density at radius 2 is 1.86 bits per heavy atom. The minimum Gasteiger partial charge on any atom is -0.403 e. The van der Waals surface area contributed by atoms with Gasteiger partial charge in [0.05, 0.1) is 16.2 Å². The summed E-state index contributed by atoms with van der Waals surface area (Å²) in [7, 11) is -3.28. The number of hydrogen-bond acceptors (Lipinski definition) is 6. The van der Waals surface area contributed by atoms with Crippen molar-refractivity contribution in [1.82, 2.24) is 15.2 Å². The minimum atomic E-state index is -3.28. The average molecular weight is 396 g/mol. The molecule has 2 heterocycles. The first-order chi connectivity index (χ1) is 13.5. The van der Waals surface area contributed by atoms with Gasteiger partial charge in [0.15, 0.2) is 9.84 Å². The monoisotopic (exact) mass is 396 g/mol. The quantitative estimate of drug-likeness (QED) is 0.534. The van der Waals surface area contributed by atoms with Crippen molar-refractivity contribution >= 4 is 32.7 Å². The van der Waals surface area contributed by atoms with E-state index in [2.05, 4.69) is 20.5 Å². The third-order valence-corrected chi connectivity index (χ3v) is 6.07. The van der Waals surface area contributed by atoms with Gasteiger partial charge in [0, 0.05) is 22.7 Å². The Morgan fingerprint density at radius 1 is 1.11 bits per heavy atom. The summed E-state index contributed by atoms with van der Waals surface area (Å²) < 4.78 is 29.2. The van der Waals surface area contributed by atoms with Crippen molar-refractivity contribution in [3.05, 3.63) is 60.3 Å². The number of amides is 1. The lowest BCUT2D eigenvalue weighted by molar-refractivity contribution is 0.102. The van der Waals surface area contributed by atoms with Gasteiger partial charge in [0.1, 0.15) is 0 Å². The summed E-state index contributed by atoms with van der Waals surface area (Å²) in [6, 6.07) is 13.5. The highest BCUT2D eigenvalue weighted by molar-refractivity contribution is 7.91. The summed E-state index contributed by atoms with van der Waals surface area (Å²) in [6.45, 7) is 1.59. The van der Waals surface area contributed by atoms with Crippen LogP contribution in [0.15, 0.2) is 64.0 Å². The van der Waals surface area contributed by atoms with E-state index < -0.39 is 9.84 Å². The molecule has 2 aromatic carbocycles. The van der Waals surface area contributed by atoms with Crippen molar-refractivity contribution in [3.63, 3.8) is 0 Å². The summed E-state index contributed by atoms with van der Waals surface area (Å²) in [4.78, 5) is 15.8. The molecule has 2 aromatic heterocycles. The number of aromatic amines is 1. The molecule has 0 aliphatic heterocycles. The Hall–Kier alpha value is -3.46. The fourth-order valence-electron chi connectivity index (χ4n) is 2.79. The summed E-state index contributed by atoms with van der Waals surface area (Å²) in [5.74, 6) is -0.177. The molecule has 8 nitrogen and oxygen atoms in total. The fourth-order valence-corrected chi connectivity index (χ4v) is 3.67. The van der Waals surface area contributed by atoms with Crippen molar-refractivity contribution in [2.24, 2.45) is 0 Å². The molecule has 4 aromatic rings. The van der Waals surface area contributed by atoms with Crippen LogP contribution < -0.4 is 5.32 Å². The van der Waals surface area contributed by atoms with Crippen LogP contribution in [0.1, 0.15) is 17.3 Å². The molecule has 0 saturated carbocycles. The molecule has 2 N–H and O–H groups in total. The number of aromatic nitrogens is 3. The SMILES string of the molecule is CCS(=O)(=O)c1ccc(-c2nnc(NC(=O)c3c[nH]c4ccccc34)o2)cc1. The van der Waals surface area contributed by atoms with Gasteiger partial charge in [-0.1, -0.05) is 30.2 Å². The van der Waals surface area contributed by atoms with Crippen LogP contribution in [0.3, 0.4) is 0 Å². The van der Waals surface area contributed by atoms with Crippen LogP contribution in [-0.4, -0.2) is 35.3 Å². The highest BCUT2D eigenvalue weighted by Crippen LogP contribution is 2.23. The first-order valence-corrected chi connectivity index (χ1v) is 10.2. The van der Waals surface area contributed by atoms with Crippen molar-refractivity contribution in [3.8, 4) is 11.5 Å². The van der Waals surface area contributed by atoms with Crippen molar-refractivity contribution < 1.29 is 17.6 Å². The molecule has 0 saturated heterocycles. The Labute approximate surface area is 160 Å². The molecule has 0 radical (unpaired) electrons. The van der Waals surface area contributed by atoms with E-state index in [0.29, 0.717) is 11.1 Å². The van der Waals surface area contributed by atoms with Gasteiger partial charge < -0.3 is 9.40 Å². The van der Waals surface area contributed by atoms with E-state index in [1.165, 1.54) is 12.1 Å². The Kier molecular flexibility index (Phi) is 4.44. The van der Waals surface area contributed by atoms with E-state index in [-0.39, 0.29) is 28.5 Å². The zero-order valence-electron chi connectivity index (χ0n) is 14.8. The zero-order valence-corrected chi connectivity index (χ0v) is 15.7. The topological polar surface area (TPSA) is 118 Å². The lowest BCUT2D eigenvalue weighted by Gasteiger charge is -2.01. The van der Waals surface area contributed by atoms with E-state index in [1.807, 2.05) is 24.3 Å². The standard InChI is InChI=1S/C19H16N4O4S/c1-2-28(25,26)13-9-7-12(8-10-13)18-22-23-19(27-18)21-17(24)15-11-20-16-6-4-3-5-14(15)16/h3-11,20H,2H2,1H3,(H,21,23,24). The molecule has 28 heavy (non-hydrogen) atoms. The number of nitrogens with one attached hydrogen (secondary N) is 2. The molecule has 0 spiro atoms. The van der Waals surface area contributed by atoms with Crippen molar-refractivity contribution in [2.45, 2.75) is 11.8 Å². The normalized spacial score (nSPS) is 11.6. The molecular weight excluding hydrogens is 380 g/mol. The molecule has 4 rings (SSSR count). The zero-order chi connectivity index (χ0) is 19.7. The molecule has 0 fully saturated rings. The highest BCUT2D eigenvalue weighted by Gasteiger charge is 2.17. The third kappa shape index (κ3) is 3.27. The molecular formula is C19H16N4O4S. The number of para-hydroxylation sites is 1.